The van der Waals surface area contributed by atoms with Crippen molar-refractivity contribution in [2.75, 3.05) is 20.0 Å². The standard InChI is InChI=1S/C7H14N2O2S/c1-7(2,12-4)6(10)9(3)5-8-11/h5H2,1-4H3. The van der Waals surface area contributed by atoms with Crippen LogP contribution in [0.4, 0.5) is 0 Å². The van der Waals surface area contributed by atoms with Gasteiger partial charge < -0.3 is 4.90 Å². The molecule has 0 spiro atoms. The average Bonchev–Trinajstić information content (AvgIpc) is 2.03. The number of carbonyl (C=O) groups excluding carboxylic acids is 1. The monoisotopic (exact) mass is 190 g/mol. The Labute approximate surface area is 76.7 Å². The summed E-state index contributed by atoms with van der Waals surface area (Å²) in [5.74, 6) is -0.0744. The van der Waals surface area contributed by atoms with E-state index in [1.54, 1.807) is 7.05 Å². The highest BCUT2D eigenvalue weighted by Gasteiger charge is 2.29. The third-order valence-corrected chi connectivity index (χ3v) is 2.84. The van der Waals surface area contributed by atoms with Crippen molar-refractivity contribution in [2.45, 2.75) is 18.6 Å². The Hall–Kier alpha value is -0.580. The Balaban J connectivity index is 4.27. The Morgan fingerprint density at radius 2 is 2.08 bits per heavy atom. The molecule has 0 saturated heterocycles. The SMILES string of the molecule is CSC(C)(C)C(=O)N(C)CN=O. The van der Waals surface area contributed by atoms with Gasteiger partial charge >= 0.3 is 0 Å². The van der Waals surface area contributed by atoms with Gasteiger partial charge in [-0.05, 0) is 25.3 Å². The zero-order valence-electron chi connectivity index (χ0n) is 7.83. The van der Waals surface area contributed by atoms with Crippen LogP contribution in [0.25, 0.3) is 0 Å². The van der Waals surface area contributed by atoms with Gasteiger partial charge in [0.1, 0.15) is 0 Å². The Kier molecular flexibility index (Phi) is 4.23. The van der Waals surface area contributed by atoms with Crippen molar-refractivity contribution >= 4 is 17.7 Å². The second-order valence-electron chi connectivity index (χ2n) is 2.99. The summed E-state index contributed by atoms with van der Waals surface area (Å²) in [5, 5.41) is 2.65. The highest BCUT2D eigenvalue weighted by molar-refractivity contribution is 8.00. The molecular formula is C7H14N2O2S. The maximum absolute atomic E-state index is 11.5. The van der Waals surface area contributed by atoms with Gasteiger partial charge in [-0.15, -0.1) is 16.7 Å². The van der Waals surface area contributed by atoms with E-state index in [4.69, 9.17) is 0 Å². The van der Waals surface area contributed by atoms with E-state index >= 15 is 0 Å². The zero-order chi connectivity index (χ0) is 9.78. The van der Waals surface area contributed by atoms with E-state index in [0.29, 0.717) is 0 Å². The van der Waals surface area contributed by atoms with E-state index in [0.717, 1.165) is 0 Å². The lowest BCUT2D eigenvalue weighted by Gasteiger charge is -2.25. The number of amides is 1. The normalized spacial score (nSPS) is 11.0. The summed E-state index contributed by atoms with van der Waals surface area (Å²) in [6, 6.07) is 0. The van der Waals surface area contributed by atoms with Gasteiger partial charge in [-0.25, -0.2) is 0 Å². The maximum Gasteiger partial charge on any atom is 0.239 e. The fourth-order valence-electron chi connectivity index (χ4n) is 0.698. The lowest BCUT2D eigenvalue weighted by atomic mass is 10.2. The molecule has 0 aliphatic carbocycles. The molecule has 5 heteroatoms. The first-order valence-electron chi connectivity index (χ1n) is 3.55. The van der Waals surface area contributed by atoms with E-state index in [1.807, 2.05) is 20.1 Å². The van der Waals surface area contributed by atoms with Crippen LogP contribution in [0.15, 0.2) is 5.18 Å². The summed E-state index contributed by atoms with van der Waals surface area (Å²) in [6.45, 7) is 3.56. The molecule has 0 radical (unpaired) electrons. The molecule has 12 heavy (non-hydrogen) atoms. The Morgan fingerprint density at radius 1 is 1.58 bits per heavy atom. The molecule has 0 rings (SSSR count). The van der Waals surface area contributed by atoms with E-state index in [1.165, 1.54) is 16.7 Å². The Morgan fingerprint density at radius 3 is 2.42 bits per heavy atom. The molecule has 0 N–H and O–H groups in total. The van der Waals surface area contributed by atoms with Crippen LogP contribution < -0.4 is 0 Å². The van der Waals surface area contributed by atoms with Gasteiger partial charge in [0.05, 0.1) is 4.75 Å². The first-order valence-corrected chi connectivity index (χ1v) is 4.78. The number of hydrogen-bond acceptors (Lipinski definition) is 4. The summed E-state index contributed by atoms with van der Waals surface area (Å²) in [7, 11) is 1.57. The first-order chi connectivity index (χ1) is 5.45. The topological polar surface area (TPSA) is 49.7 Å². The molecule has 0 aromatic rings. The van der Waals surface area contributed by atoms with Crippen molar-refractivity contribution in [1.82, 2.24) is 4.90 Å². The van der Waals surface area contributed by atoms with Crippen molar-refractivity contribution in [2.24, 2.45) is 5.18 Å². The van der Waals surface area contributed by atoms with Gasteiger partial charge in [0, 0.05) is 7.05 Å². The highest BCUT2D eigenvalue weighted by Crippen LogP contribution is 2.23. The van der Waals surface area contributed by atoms with Crippen LogP contribution in [-0.2, 0) is 4.79 Å². The summed E-state index contributed by atoms with van der Waals surface area (Å²) < 4.78 is -0.473. The van der Waals surface area contributed by atoms with E-state index < -0.39 is 4.75 Å². The second-order valence-corrected chi connectivity index (χ2v) is 4.42. The van der Waals surface area contributed by atoms with Crippen LogP contribution >= 0.6 is 11.8 Å². The number of thioether (sulfide) groups is 1. The number of nitrogens with zero attached hydrogens (tertiary/aromatic N) is 2. The lowest BCUT2D eigenvalue weighted by Crippen LogP contribution is -2.40. The predicted molar refractivity (Wildman–Crippen MR) is 51.0 cm³/mol. The smallest absolute Gasteiger partial charge is 0.239 e. The van der Waals surface area contributed by atoms with Gasteiger partial charge in [0.15, 0.2) is 6.67 Å². The molecule has 0 heterocycles. The third kappa shape index (κ3) is 2.81. The number of nitroso groups, excluding NO2 is 1. The first kappa shape index (κ1) is 11.4. The molecule has 1 amide bonds. The fraction of sp³-hybridized carbons (Fsp3) is 0.857. The number of rotatable bonds is 4. The molecule has 0 aromatic carbocycles. The molecule has 0 bridgehead atoms. The molecule has 0 aliphatic rings. The van der Waals surface area contributed by atoms with Gasteiger partial charge in [-0.1, -0.05) is 0 Å². The molecule has 0 aromatic heterocycles. The van der Waals surface area contributed by atoms with Crippen LogP contribution in [0.3, 0.4) is 0 Å². The third-order valence-electron chi connectivity index (χ3n) is 1.64. The lowest BCUT2D eigenvalue weighted by molar-refractivity contribution is -0.131. The van der Waals surface area contributed by atoms with Crippen LogP contribution in [0.5, 0.6) is 0 Å². The summed E-state index contributed by atoms with van der Waals surface area (Å²) in [6.07, 6.45) is 1.86. The van der Waals surface area contributed by atoms with E-state index in [-0.39, 0.29) is 12.6 Å². The molecule has 0 unspecified atom stereocenters. The van der Waals surface area contributed by atoms with Gasteiger partial charge in [-0.2, -0.15) is 0 Å². The quantitative estimate of drug-likeness (QED) is 0.628. The molecule has 0 saturated carbocycles. The van der Waals surface area contributed by atoms with Gasteiger partial charge in [0.25, 0.3) is 0 Å². The van der Waals surface area contributed by atoms with Gasteiger partial charge in [-0.3, -0.25) is 4.79 Å². The predicted octanol–water partition coefficient (Wildman–Crippen LogP) is 1.31. The largest absolute Gasteiger partial charge is 0.322 e. The van der Waals surface area contributed by atoms with E-state index in [9.17, 15) is 9.70 Å². The summed E-state index contributed by atoms with van der Waals surface area (Å²) in [4.78, 5) is 22.7. The van der Waals surface area contributed by atoms with Crippen molar-refractivity contribution in [3.8, 4) is 0 Å². The molecule has 0 fully saturated rings. The number of carbonyl (C=O) groups is 1. The van der Waals surface area contributed by atoms with Crippen LogP contribution in [-0.4, -0.2) is 35.5 Å². The highest BCUT2D eigenvalue weighted by atomic mass is 32.2. The van der Waals surface area contributed by atoms with Crippen molar-refractivity contribution in [1.29, 1.82) is 0 Å². The fourth-order valence-corrected chi connectivity index (χ4v) is 1.03. The van der Waals surface area contributed by atoms with Crippen molar-refractivity contribution in [3.63, 3.8) is 0 Å². The average molecular weight is 190 g/mol. The molecule has 0 aliphatic heterocycles. The Bertz CT molecular complexity index is 182. The van der Waals surface area contributed by atoms with Crippen LogP contribution in [0.1, 0.15) is 13.8 Å². The molecule has 70 valence electrons. The van der Waals surface area contributed by atoms with Gasteiger partial charge in [0.2, 0.25) is 5.91 Å². The van der Waals surface area contributed by atoms with Crippen LogP contribution in [0, 0.1) is 4.91 Å². The molecule has 0 atom stereocenters. The number of hydrogen-bond donors (Lipinski definition) is 0. The summed E-state index contributed by atoms with van der Waals surface area (Å²) in [5.41, 5.74) is 0. The van der Waals surface area contributed by atoms with Crippen molar-refractivity contribution < 1.29 is 4.79 Å². The summed E-state index contributed by atoms with van der Waals surface area (Å²) >= 11 is 1.45. The minimum absolute atomic E-state index is 0.0744. The zero-order valence-corrected chi connectivity index (χ0v) is 8.64. The van der Waals surface area contributed by atoms with Crippen molar-refractivity contribution in [3.05, 3.63) is 4.91 Å². The molecular weight excluding hydrogens is 176 g/mol. The maximum atomic E-state index is 11.5. The minimum Gasteiger partial charge on any atom is -0.322 e. The minimum atomic E-state index is -0.473. The van der Waals surface area contributed by atoms with Crippen LogP contribution in [0.2, 0.25) is 0 Å². The molecule has 4 nitrogen and oxygen atoms in total. The second kappa shape index (κ2) is 4.45. The van der Waals surface area contributed by atoms with E-state index in [2.05, 4.69) is 5.18 Å².